The first kappa shape index (κ1) is 20.1. The molecule has 0 N–H and O–H groups in total. The first-order valence-electron chi connectivity index (χ1n) is 8.16. The Kier molecular flexibility index (Phi) is 6.13. The average molecular weight is 428 g/mol. The zero-order chi connectivity index (χ0) is 20.1. The van der Waals surface area contributed by atoms with Gasteiger partial charge in [0.05, 0.1) is 27.6 Å². The number of nitrogens with zero attached hydrogens (tertiary/aromatic N) is 3. The molecule has 2 aromatic carbocycles. The summed E-state index contributed by atoms with van der Waals surface area (Å²) in [6.45, 7) is 0.285. The van der Waals surface area contributed by atoms with Crippen molar-refractivity contribution in [3.8, 4) is 12.1 Å². The van der Waals surface area contributed by atoms with Crippen molar-refractivity contribution >= 4 is 33.0 Å². The van der Waals surface area contributed by atoms with Crippen LogP contribution in [0.3, 0.4) is 0 Å². The van der Waals surface area contributed by atoms with Gasteiger partial charge < -0.3 is 0 Å². The summed E-state index contributed by atoms with van der Waals surface area (Å²) in [5.41, 5.74) is 2.54. The largest absolute Gasteiger partial charge is 0.253 e. The van der Waals surface area contributed by atoms with Crippen LogP contribution >= 0.6 is 22.9 Å². The summed E-state index contributed by atoms with van der Waals surface area (Å²) in [6.07, 6.45) is 0. The van der Waals surface area contributed by atoms with Crippen LogP contribution in [0.2, 0.25) is 4.34 Å². The van der Waals surface area contributed by atoms with Gasteiger partial charge in [0, 0.05) is 13.1 Å². The number of benzene rings is 2. The fraction of sp³-hybridized carbons (Fsp3) is 0.100. The zero-order valence-electron chi connectivity index (χ0n) is 14.5. The zero-order valence-corrected chi connectivity index (χ0v) is 16.9. The Hall–Kier alpha value is -2.68. The summed E-state index contributed by atoms with van der Waals surface area (Å²) in [6, 6.07) is 20.7. The number of hydrogen-bond donors (Lipinski definition) is 0. The van der Waals surface area contributed by atoms with Gasteiger partial charge in [-0.25, -0.2) is 8.42 Å². The summed E-state index contributed by atoms with van der Waals surface area (Å²) in [4.78, 5) is 0. The van der Waals surface area contributed by atoms with Gasteiger partial charge in [-0.05, 0) is 47.5 Å². The van der Waals surface area contributed by atoms with Gasteiger partial charge in [-0.1, -0.05) is 35.9 Å². The lowest BCUT2D eigenvalue weighted by atomic mass is 10.1. The van der Waals surface area contributed by atoms with E-state index in [4.69, 9.17) is 22.1 Å². The van der Waals surface area contributed by atoms with E-state index in [0.717, 1.165) is 22.5 Å². The van der Waals surface area contributed by atoms with Crippen LogP contribution in [0, 0.1) is 22.7 Å². The summed E-state index contributed by atoms with van der Waals surface area (Å²) in [5.74, 6) is 0. The SMILES string of the molecule is N#Cc1ccc(CN(Cc2ccc(C#N)cc2)S(=O)(=O)c2ccc(Cl)s2)cc1. The van der Waals surface area contributed by atoms with Crippen molar-refractivity contribution in [2.75, 3.05) is 0 Å². The normalized spacial score (nSPS) is 11.1. The summed E-state index contributed by atoms with van der Waals surface area (Å²) in [5, 5.41) is 17.9. The standard InChI is InChI=1S/C20H14ClN3O2S2/c21-19-9-10-20(27-19)28(25,26)24(13-17-5-1-15(11-22)2-6-17)14-18-7-3-16(12-23)4-8-18/h1-10H,13-14H2. The molecule has 1 heterocycles. The fourth-order valence-electron chi connectivity index (χ4n) is 2.57. The average Bonchev–Trinajstić information content (AvgIpc) is 3.16. The first-order valence-corrected chi connectivity index (χ1v) is 10.8. The van der Waals surface area contributed by atoms with E-state index in [-0.39, 0.29) is 17.3 Å². The van der Waals surface area contributed by atoms with Crippen LogP contribution in [-0.4, -0.2) is 12.7 Å². The molecule has 0 spiro atoms. The highest BCUT2D eigenvalue weighted by Crippen LogP contribution is 2.30. The van der Waals surface area contributed by atoms with Gasteiger partial charge >= 0.3 is 0 Å². The van der Waals surface area contributed by atoms with Crippen LogP contribution in [0.1, 0.15) is 22.3 Å². The molecule has 0 aliphatic rings. The second-order valence-electron chi connectivity index (χ2n) is 5.95. The molecule has 0 aliphatic heterocycles. The molecular formula is C20H14ClN3O2S2. The van der Waals surface area contributed by atoms with Gasteiger partial charge in [0.25, 0.3) is 10.0 Å². The molecule has 8 heteroatoms. The molecule has 0 unspecified atom stereocenters. The molecule has 3 rings (SSSR count). The smallest absolute Gasteiger partial charge is 0.206 e. The summed E-state index contributed by atoms with van der Waals surface area (Å²) < 4.78 is 28.3. The van der Waals surface area contributed by atoms with Gasteiger partial charge in [0.15, 0.2) is 0 Å². The first-order chi connectivity index (χ1) is 13.4. The highest BCUT2D eigenvalue weighted by molar-refractivity contribution is 7.91. The number of halogens is 1. The Bertz CT molecular complexity index is 1100. The predicted octanol–water partition coefficient (Wildman–Crippen LogP) is 4.54. The van der Waals surface area contributed by atoms with Crippen molar-refractivity contribution < 1.29 is 8.42 Å². The molecule has 0 fully saturated rings. The summed E-state index contributed by atoms with van der Waals surface area (Å²) >= 11 is 6.94. The Labute approximate surface area is 172 Å². The van der Waals surface area contributed by atoms with E-state index in [9.17, 15) is 8.42 Å². The van der Waals surface area contributed by atoms with E-state index < -0.39 is 10.0 Å². The van der Waals surface area contributed by atoms with Gasteiger partial charge in [0.1, 0.15) is 4.21 Å². The third-order valence-electron chi connectivity index (χ3n) is 4.03. The van der Waals surface area contributed by atoms with Gasteiger partial charge in [-0.2, -0.15) is 14.8 Å². The Morgan fingerprint density at radius 2 is 1.29 bits per heavy atom. The van der Waals surface area contributed by atoms with E-state index in [1.165, 1.54) is 10.4 Å². The predicted molar refractivity (Wildman–Crippen MR) is 108 cm³/mol. The van der Waals surface area contributed by atoms with Crippen LogP contribution in [0.25, 0.3) is 0 Å². The van der Waals surface area contributed by atoms with E-state index in [1.54, 1.807) is 54.6 Å². The van der Waals surface area contributed by atoms with Crippen LogP contribution in [0.5, 0.6) is 0 Å². The molecule has 0 radical (unpaired) electrons. The number of hydrogen-bond acceptors (Lipinski definition) is 5. The van der Waals surface area contributed by atoms with Gasteiger partial charge in [-0.15, -0.1) is 11.3 Å². The lowest BCUT2D eigenvalue weighted by molar-refractivity contribution is 0.402. The summed E-state index contributed by atoms with van der Waals surface area (Å²) in [7, 11) is -3.77. The molecular weight excluding hydrogens is 414 g/mol. The highest BCUT2D eigenvalue weighted by atomic mass is 35.5. The molecule has 0 atom stereocenters. The highest BCUT2D eigenvalue weighted by Gasteiger charge is 2.26. The van der Waals surface area contributed by atoms with Crippen molar-refractivity contribution in [1.82, 2.24) is 4.31 Å². The van der Waals surface area contributed by atoms with Crippen molar-refractivity contribution in [1.29, 1.82) is 10.5 Å². The van der Waals surface area contributed by atoms with E-state index in [2.05, 4.69) is 0 Å². The monoisotopic (exact) mass is 427 g/mol. The Morgan fingerprint density at radius 1 is 0.821 bits per heavy atom. The molecule has 0 saturated heterocycles. The van der Waals surface area contributed by atoms with Crippen molar-refractivity contribution in [3.63, 3.8) is 0 Å². The van der Waals surface area contributed by atoms with Crippen molar-refractivity contribution in [2.24, 2.45) is 0 Å². The number of rotatable bonds is 6. The van der Waals surface area contributed by atoms with Gasteiger partial charge in [0.2, 0.25) is 0 Å². The van der Waals surface area contributed by atoms with Crippen LogP contribution in [0.15, 0.2) is 64.9 Å². The number of sulfonamides is 1. The Balaban J connectivity index is 1.94. The minimum Gasteiger partial charge on any atom is -0.206 e. The second kappa shape index (κ2) is 8.55. The Morgan fingerprint density at radius 3 is 1.64 bits per heavy atom. The molecule has 0 amide bonds. The second-order valence-corrected chi connectivity index (χ2v) is 9.83. The fourth-order valence-corrected chi connectivity index (χ4v) is 5.62. The molecule has 0 saturated carbocycles. The van der Waals surface area contributed by atoms with E-state index >= 15 is 0 Å². The van der Waals surface area contributed by atoms with Crippen LogP contribution in [0.4, 0.5) is 0 Å². The lowest BCUT2D eigenvalue weighted by Crippen LogP contribution is -2.29. The third kappa shape index (κ3) is 4.59. The molecule has 140 valence electrons. The minimum atomic E-state index is -3.77. The maximum Gasteiger partial charge on any atom is 0.253 e. The molecule has 28 heavy (non-hydrogen) atoms. The minimum absolute atomic E-state index is 0.142. The molecule has 0 bridgehead atoms. The van der Waals surface area contributed by atoms with Crippen molar-refractivity contribution in [2.45, 2.75) is 17.3 Å². The molecule has 5 nitrogen and oxygen atoms in total. The third-order valence-corrected chi connectivity index (χ3v) is 7.52. The topological polar surface area (TPSA) is 85.0 Å². The maximum absolute atomic E-state index is 13.2. The van der Waals surface area contributed by atoms with Crippen LogP contribution < -0.4 is 0 Å². The van der Waals surface area contributed by atoms with Crippen LogP contribution in [-0.2, 0) is 23.1 Å². The van der Waals surface area contributed by atoms with Crippen molar-refractivity contribution in [3.05, 3.63) is 87.3 Å². The quantitative estimate of drug-likeness (QED) is 0.578. The van der Waals surface area contributed by atoms with Gasteiger partial charge in [-0.3, -0.25) is 0 Å². The number of thiophene rings is 1. The molecule has 0 aliphatic carbocycles. The molecule has 3 aromatic rings. The maximum atomic E-state index is 13.2. The van der Waals surface area contributed by atoms with E-state index in [1.807, 2.05) is 12.1 Å². The number of nitriles is 2. The lowest BCUT2D eigenvalue weighted by Gasteiger charge is -2.22. The molecule has 1 aromatic heterocycles. The van der Waals surface area contributed by atoms with E-state index in [0.29, 0.717) is 15.5 Å².